The number of hydrogen-bond acceptors (Lipinski definition) is 2. The van der Waals surface area contributed by atoms with E-state index in [1.807, 2.05) is 0 Å². The number of methoxy groups -OCH3 is 1. The molecule has 1 rings (SSSR count). The molecule has 0 aliphatic carbocycles. The second-order valence-corrected chi connectivity index (χ2v) is 2.76. The van der Waals surface area contributed by atoms with Crippen LogP contribution in [0.2, 0.25) is 0 Å². The second kappa shape index (κ2) is 6.34. The minimum absolute atomic E-state index is 0.804. The molecule has 0 aliphatic rings. The Morgan fingerprint density at radius 1 is 0.842 bits per heavy atom. The molecule has 0 atom stereocenters. The smallest absolute Gasteiger partial charge is 0.446 e. The van der Waals surface area contributed by atoms with E-state index < -0.39 is 47.3 Å². The first-order valence-corrected chi connectivity index (χ1v) is 4.15. The molecule has 0 unspecified atom stereocenters. The van der Waals surface area contributed by atoms with Crippen molar-refractivity contribution in [2.45, 2.75) is 6.18 Å². The van der Waals surface area contributed by atoms with Crippen LogP contribution in [0, 0.1) is 29.1 Å². The maximum Gasteiger partial charge on any atom is 0.446 e. The standard InChI is InChI=1S/C7H3F5O.C2HF3O/c1-13-7-5(11)3(9)2(8)4(10)6(7)12;3-2(4,5)1-6/h1H3;1H. The van der Waals surface area contributed by atoms with Crippen molar-refractivity contribution >= 4 is 6.29 Å². The van der Waals surface area contributed by atoms with E-state index in [1.165, 1.54) is 0 Å². The van der Waals surface area contributed by atoms with Crippen molar-refractivity contribution in [1.82, 2.24) is 0 Å². The molecule has 0 saturated carbocycles. The number of rotatable bonds is 1. The molecule has 0 amide bonds. The van der Waals surface area contributed by atoms with Gasteiger partial charge in [-0.15, -0.1) is 0 Å². The molecule has 2 nitrogen and oxygen atoms in total. The Balaban J connectivity index is 0.000000459. The molecular formula is C9H4F8O2. The number of hydrogen-bond donors (Lipinski definition) is 0. The van der Waals surface area contributed by atoms with E-state index in [-0.39, 0.29) is 0 Å². The van der Waals surface area contributed by atoms with Gasteiger partial charge in [-0.25, -0.2) is 13.2 Å². The number of aldehydes is 1. The maximum absolute atomic E-state index is 12.6. The van der Waals surface area contributed by atoms with Gasteiger partial charge in [-0.3, -0.25) is 4.79 Å². The molecule has 0 aromatic heterocycles. The molecule has 0 saturated heterocycles. The fourth-order valence-corrected chi connectivity index (χ4v) is 0.764. The molecule has 1 aromatic carbocycles. The van der Waals surface area contributed by atoms with E-state index in [2.05, 4.69) is 4.74 Å². The van der Waals surface area contributed by atoms with Gasteiger partial charge in [0.2, 0.25) is 35.4 Å². The molecule has 0 heterocycles. The van der Waals surface area contributed by atoms with Crippen LogP contribution in [0.4, 0.5) is 35.1 Å². The summed E-state index contributed by atoms with van der Waals surface area (Å²) in [6.45, 7) is 0. The zero-order chi connectivity index (χ0) is 15.4. The minimum Gasteiger partial charge on any atom is -0.491 e. The van der Waals surface area contributed by atoms with Crippen LogP contribution in [0.25, 0.3) is 0 Å². The number of carbonyl (C=O) groups is 1. The number of halogens is 8. The highest BCUT2D eigenvalue weighted by atomic mass is 19.4. The number of ether oxygens (including phenoxy) is 1. The van der Waals surface area contributed by atoms with Crippen LogP contribution in [-0.4, -0.2) is 19.6 Å². The van der Waals surface area contributed by atoms with Gasteiger partial charge < -0.3 is 4.74 Å². The number of carbonyl (C=O) groups excluding carboxylic acids is 1. The summed E-state index contributed by atoms with van der Waals surface area (Å²) in [5.74, 6) is -11.5. The normalized spacial score (nSPS) is 10.6. The quantitative estimate of drug-likeness (QED) is 0.344. The van der Waals surface area contributed by atoms with Gasteiger partial charge in [-0.05, 0) is 0 Å². The van der Waals surface area contributed by atoms with Crippen LogP contribution in [0.5, 0.6) is 5.75 Å². The fraction of sp³-hybridized carbons (Fsp3) is 0.222. The van der Waals surface area contributed by atoms with Crippen LogP contribution in [0.1, 0.15) is 0 Å². The van der Waals surface area contributed by atoms with E-state index in [4.69, 9.17) is 4.79 Å². The van der Waals surface area contributed by atoms with Gasteiger partial charge in [-0.1, -0.05) is 0 Å². The van der Waals surface area contributed by atoms with E-state index in [1.54, 1.807) is 0 Å². The zero-order valence-electron chi connectivity index (χ0n) is 8.92. The fourth-order valence-electron chi connectivity index (χ4n) is 0.764. The van der Waals surface area contributed by atoms with Crippen molar-refractivity contribution in [2.24, 2.45) is 0 Å². The van der Waals surface area contributed by atoms with Gasteiger partial charge in [0.25, 0.3) is 0 Å². The molecule has 19 heavy (non-hydrogen) atoms. The molecule has 1 aromatic rings. The highest BCUT2D eigenvalue weighted by molar-refractivity contribution is 5.56. The largest absolute Gasteiger partial charge is 0.491 e. The lowest BCUT2D eigenvalue weighted by molar-refractivity contribution is -0.156. The maximum atomic E-state index is 12.6. The summed E-state index contributed by atoms with van der Waals surface area (Å²) < 4.78 is 97.4. The molecule has 0 fully saturated rings. The van der Waals surface area contributed by atoms with Crippen molar-refractivity contribution in [1.29, 1.82) is 0 Å². The summed E-state index contributed by atoms with van der Waals surface area (Å²) in [6.07, 6.45) is -5.70. The van der Waals surface area contributed by atoms with Gasteiger partial charge in [0, 0.05) is 0 Å². The first-order valence-electron chi connectivity index (χ1n) is 4.15. The molecular weight excluding hydrogens is 292 g/mol. The van der Waals surface area contributed by atoms with Crippen LogP contribution in [0.15, 0.2) is 0 Å². The lowest BCUT2D eigenvalue weighted by Gasteiger charge is -2.05. The Bertz CT molecular complexity index is 439. The van der Waals surface area contributed by atoms with Crippen LogP contribution < -0.4 is 4.74 Å². The third-order valence-corrected chi connectivity index (χ3v) is 1.51. The van der Waals surface area contributed by atoms with Gasteiger partial charge in [0.05, 0.1) is 7.11 Å². The molecule has 0 radical (unpaired) electrons. The molecule has 0 aliphatic heterocycles. The van der Waals surface area contributed by atoms with Gasteiger partial charge in [-0.2, -0.15) is 22.0 Å². The number of benzene rings is 1. The highest BCUT2D eigenvalue weighted by Crippen LogP contribution is 2.28. The predicted molar refractivity (Wildman–Crippen MR) is 44.9 cm³/mol. The summed E-state index contributed by atoms with van der Waals surface area (Å²) in [6, 6.07) is 0. The minimum atomic E-state index is -4.64. The van der Waals surface area contributed by atoms with Crippen LogP contribution >= 0.6 is 0 Å². The Labute approximate surface area is 100 Å². The lowest BCUT2D eigenvalue weighted by atomic mass is 10.3. The van der Waals surface area contributed by atoms with Crippen molar-refractivity contribution < 1.29 is 44.7 Å². The summed E-state index contributed by atoms with van der Waals surface area (Å²) in [5.41, 5.74) is 0. The van der Waals surface area contributed by atoms with Crippen molar-refractivity contribution in [3.63, 3.8) is 0 Å². The Morgan fingerprint density at radius 2 is 1.11 bits per heavy atom. The first kappa shape index (κ1) is 17.1. The summed E-state index contributed by atoms with van der Waals surface area (Å²) >= 11 is 0. The van der Waals surface area contributed by atoms with Crippen molar-refractivity contribution in [2.75, 3.05) is 7.11 Å². The van der Waals surface area contributed by atoms with E-state index >= 15 is 0 Å². The topological polar surface area (TPSA) is 26.3 Å². The monoisotopic (exact) mass is 296 g/mol. The first-order chi connectivity index (χ1) is 8.56. The van der Waals surface area contributed by atoms with Crippen LogP contribution in [-0.2, 0) is 4.79 Å². The summed E-state index contributed by atoms with van der Waals surface area (Å²) in [5, 5.41) is 0. The molecule has 0 spiro atoms. The third-order valence-electron chi connectivity index (χ3n) is 1.51. The van der Waals surface area contributed by atoms with E-state index in [0.29, 0.717) is 0 Å². The predicted octanol–water partition coefficient (Wildman–Crippen LogP) is 3.14. The molecule has 10 heteroatoms. The third kappa shape index (κ3) is 4.38. The lowest BCUT2D eigenvalue weighted by Crippen LogP contribution is -2.07. The van der Waals surface area contributed by atoms with Gasteiger partial charge >= 0.3 is 6.18 Å². The molecule has 108 valence electrons. The van der Waals surface area contributed by atoms with E-state index in [9.17, 15) is 35.1 Å². The SMILES string of the molecule is COc1c(F)c(F)c(F)c(F)c1F.O=CC(F)(F)F. The van der Waals surface area contributed by atoms with Crippen LogP contribution in [0.3, 0.4) is 0 Å². The average molecular weight is 296 g/mol. The average Bonchev–Trinajstić information content (AvgIpc) is 2.35. The Morgan fingerprint density at radius 3 is 1.32 bits per heavy atom. The number of alkyl halides is 3. The zero-order valence-corrected chi connectivity index (χ0v) is 8.92. The second-order valence-electron chi connectivity index (χ2n) is 2.76. The Kier molecular flexibility index (Phi) is 5.72. The molecule has 0 N–H and O–H groups in total. The van der Waals surface area contributed by atoms with Gasteiger partial charge in [0.1, 0.15) is 0 Å². The van der Waals surface area contributed by atoms with Gasteiger partial charge in [0.15, 0.2) is 5.75 Å². The summed E-state index contributed by atoms with van der Waals surface area (Å²) in [7, 11) is 0.804. The molecule has 0 bridgehead atoms. The van der Waals surface area contributed by atoms with Crippen molar-refractivity contribution in [3.05, 3.63) is 29.1 Å². The highest BCUT2D eigenvalue weighted by Gasteiger charge is 2.26. The van der Waals surface area contributed by atoms with E-state index in [0.717, 1.165) is 7.11 Å². The summed E-state index contributed by atoms with van der Waals surface area (Å²) in [4.78, 5) is 8.70. The van der Waals surface area contributed by atoms with Crippen molar-refractivity contribution in [3.8, 4) is 5.75 Å². The Hall–Kier alpha value is -1.87.